The second-order valence-corrected chi connectivity index (χ2v) is 7.61. The van der Waals surface area contributed by atoms with Gasteiger partial charge >= 0.3 is 0 Å². The Morgan fingerprint density at radius 1 is 0.929 bits per heavy atom. The largest absolute Gasteiger partial charge is 0.493 e. The van der Waals surface area contributed by atoms with E-state index in [1.54, 1.807) is 18.0 Å². The van der Waals surface area contributed by atoms with Gasteiger partial charge in [-0.25, -0.2) is 4.98 Å². The van der Waals surface area contributed by atoms with Gasteiger partial charge in [-0.2, -0.15) is 0 Å². The van der Waals surface area contributed by atoms with Gasteiger partial charge in [-0.15, -0.1) is 11.8 Å². The minimum absolute atomic E-state index is 0.664. The summed E-state index contributed by atoms with van der Waals surface area (Å²) in [6.07, 6.45) is 1.78. The Morgan fingerprint density at radius 2 is 1.64 bits per heavy atom. The molecule has 148 valence electrons. The molecular weight excluding hydrogens is 372 g/mol. The molecule has 0 atom stereocenters. The van der Waals surface area contributed by atoms with Crippen molar-refractivity contribution >= 4 is 11.8 Å². The number of hydrogen-bond acceptors (Lipinski definition) is 6. The van der Waals surface area contributed by atoms with Gasteiger partial charge in [0, 0.05) is 17.9 Å². The van der Waals surface area contributed by atoms with Crippen LogP contribution in [-0.4, -0.2) is 49.5 Å². The second-order valence-electron chi connectivity index (χ2n) is 6.51. The van der Waals surface area contributed by atoms with Crippen molar-refractivity contribution < 1.29 is 13.9 Å². The fourth-order valence-electron chi connectivity index (χ4n) is 2.47. The molecule has 0 bridgehead atoms. The van der Waals surface area contributed by atoms with Crippen molar-refractivity contribution in [3.05, 3.63) is 66.7 Å². The summed E-state index contributed by atoms with van der Waals surface area (Å²) in [6.45, 7) is 2.23. The van der Waals surface area contributed by atoms with Crippen LogP contribution in [0.15, 0.2) is 65.2 Å². The summed E-state index contributed by atoms with van der Waals surface area (Å²) in [4.78, 5) is 6.47. The Kier molecular flexibility index (Phi) is 7.82. The molecule has 0 spiro atoms. The van der Waals surface area contributed by atoms with E-state index in [0.29, 0.717) is 13.2 Å². The minimum atomic E-state index is 0.664. The SMILES string of the molecule is CN(C)CCOc1ccc(-c2cnc(CSCCOc3ccccc3)o2)cc1. The number of rotatable bonds is 11. The van der Waals surface area contributed by atoms with Crippen molar-refractivity contribution in [1.29, 1.82) is 0 Å². The highest BCUT2D eigenvalue weighted by atomic mass is 32.2. The van der Waals surface area contributed by atoms with Crippen molar-refractivity contribution in [2.24, 2.45) is 0 Å². The smallest absolute Gasteiger partial charge is 0.204 e. The van der Waals surface area contributed by atoms with Crippen molar-refractivity contribution in [2.75, 3.05) is 39.6 Å². The molecule has 3 aromatic rings. The first-order valence-electron chi connectivity index (χ1n) is 9.29. The van der Waals surface area contributed by atoms with Crippen LogP contribution in [0.3, 0.4) is 0 Å². The van der Waals surface area contributed by atoms with Gasteiger partial charge in [0.05, 0.1) is 18.6 Å². The first kappa shape index (κ1) is 20.3. The van der Waals surface area contributed by atoms with E-state index in [9.17, 15) is 0 Å². The number of nitrogens with zero attached hydrogens (tertiary/aromatic N) is 2. The summed E-state index contributed by atoms with van der Waals surface area (Å²) < 4.78 is 17.3. The third-order valence-corrected chi connectivity index (χ3v) is 4.87. The molecule has 28 heavy (non-hydrogen) atoms. The highest BCUT2D eigenvalue weighted by Crippen LogP contribution is 2.24. The molecule has 2 aromatic carbocycles. The number of aromatic nitrogens is 1. The molecule has 1 heterocycles. The van der Waals surface area contributed by atoms with Crippen LogP contribution in [0.25, 0.3) is 11.3 Å². The molecule has 0 saturated carbocycles. The molecule has 1 aromatic heterocycles. The number of benzene rings is 2. The Balaban J connectivity index is 1.41. The Morgan fingerprint density at radius 3 is 2.39 bits per heavy atom. The lowest BCUT2D eigenvalue weighted by molar-refractivity contribution is 0.261. The first-order valence-corrected chi connectivity index (χ1v) is 10.4. The van der Waals surface area contributed by atoms with Gasteiger partial charge in [0.15, 0.2) is 5.76 Å². The van der Waals surface area contributed by atoms with Gasteiger partial charge in [-0.1, -0.05) is 18.2 Å². The average Bonchev–Trinajstić information content (AvgIpc) is 3.18. The van der Waals surface area contributed by atoms with Crippen LogP contribution < -0.4 is 9.47 Å². The van der Waals surface area contributed by atoms with Gasteiger partial charge in [0.1, 0.15) is 18.1 Å². The maximum Gasteiger partial charge on any atom is 0.204 e. The van der Waals surface area contributed by atoms with Gasteiger partial charge in [0.2, 0.25) is 5.89 Å². The van der Waals surface area contributed by atoms with E-state index >= 15 is 0 Å². The average molecular weight is 399 g/mol. The Bertz CT molecular complexity index is 819. The lowest BCUT2D eigenvalue weighted by Gasteiger charge is -2.11. The van der Waals surface area contributed by atoms with Gasteiger partial charge in [0.25, 0.3) is 0 Å². The van der Waals surface area contributed by atoms with Crippen LogP contribution in [0.2, 0.25) is 0 Å². The predicted molar refractivity (Wildman–Crippen MR) is 114 cm³/mol. The molecule has 0 radical (unpaired) electrons. The van der Waals surface area contributed by atoms with E-state index < -0.39 is 0 Å². The first-order chi connectivity index (χ1) is 13.7. The second kappa shape index (κ2) is 10.8. The molecule has 0 saturated heterocycles. The third-order valence-electron chi connectivity index (χ3n) is 3.96. The molecule has 0 fully saturated rings. The predicted octanol–water partition coefficient (Wildman–Crippen LogP) is 4.59. The zero-order valence-electron chi connectivity index (χ0n) is 16.3. The highest BCUT2D eigenvalue weighted by Gasteiger charge is 2.07. The van der Waals surface area contributed by atoms with Crippen LogP contribution >= 0.6 is 11.8 Å². The number of para-hydroxylation sites is 1. The maximum absolute atomic E-state index is 5.87. The number of thioether (sulfide) groups is 1. The molecule has 5 nitrogen and oxygen atoms in total. The van der Waals surface area contributed by atoms with Crippen molar-refractivity contribution in [3.8, 4) is 22.8 Å². The topological polar surface area (TPSA) is 47.7 Å². The van der Waals surface area contributed by atoms with E-state index in [0.717, 1.165) is 46.8 Å². The number of hydrogen-bond donors (Lipinski definition) is 0. The molecule has 0 aliphatic rings. The molecule has 0 aliphatic carbocycles. The van der Waals surface area contributed by atoms with E-state index in [2.05, 4.69) is 9.88 Å². The normalized spacial score (nSPS) is 11.0. The van der Waals surface area contributed by atoms with E-state index in [-0.39, 0.29) is 0 Å². The van der Waals surface area contributed by atoms with Crippen LogP contribution in [0.1, 0.15) is 5.89 Å². The Labute approximate surface area is 170 Å². The maximum atomic E-state index is 5.87. The van der Waals surface area contributed by atoms with Crippen LogP contribution in [0, 0.1) is 0 Å². The van der Waals surface area contributed by atoms with Crippen LogP contribution in [0.4, 0.5) is 0 Å². The van der Waals surface area contributed by atoms with Gasteiger partial charge < -0.3 is 18.8 Å². The molecule has 6 heteroatoms. The fourth-order valence-corrected chi connectivity index (χ4v) is 3.12. The Hall–Kier alpha value is -2.44. The molecule has 0 N–H and O–H groups in total. The fraction of sp³-hybridized carbons (Fsp3) is 0.318. The van der Waals surface area contributed by atoms with Crippen molar-refractivity contribution in [2.45, 2.75) is 5.75 Å². The molecule has 3 rings (SSSR count). The standard InChI is InChI=1S/C22H26N2O3S/c1-24(2)12-13-25-20-10-8-18(9-11-20)21-16-23-22(27-21)17-28-15-14-26-19-6-4-3-5-7-19/h3-11,16H,12-15,17H2,1-2H3. The third kappa shape index (κ3) is 6.62. The van der Waals surface area contributed by atoms with Crippen LogP contribution in [-0.2, 0) is 5.75 Å². The minimum Gasteiger partial charge on any atom is -0.493 e. The summed E-state index contributed by atoms with van der Waals surface area (Å²) in [5.41, 5.74) is 0.996. The zero-order valence-corrected chi connectivity index (χ0v) is 17.2. The van der Waals surface area contributed by atoms with Crippen LogP contribution in [0.5, 0.6) is 11.5 Å². The van der Waals surface area contributed by atoms with E-state index in [1.165, 1.54) is 0 Å². The summed E-state index contributed by atoms with van der Waals surface area (Å²) in [5, 5.41) is 0. The van der Waals surface area contributed by atoms with Gasteiger partial charge in [-0.3, -0.25) is 0 Å². The molecular formula is C22H26N2O3S. The molecule has 0 unspecified atom stereocenters. The van der Waals surface area contributed by atoms with E-state index in [1.807, 2.05) is 68.7 Å². The van der Waals surface area contributed by atoms with E-state index in [4.69, 9.17) is 13.9 Å². The lowest BCUT2D eigenvalue weighted by atomic mass is 10.2. The summed E-state index contributed by atoms with van der Waals surface area (Å²) >= 11 is 1.74. The number of likely N-dealkylation sites (N-methyl/N-ethyl adjacent to an activating group) is 1. The quantitative estimate of drug-likeness (QED) is 0.440. The number of oxazole rings is 1. The lowest BCUT2D eigenvalue weighted by Crippen LogP contribution is -2.19. The summed E-state index contributed by atoms with van der Waals surface area (Å²) in [7, 11) is 4.06. The summed E-state index contributed by atoms with van der Waals surface area (Å²) in [6, 6.07) is 17.8. The molecule has 0 aliphatic heterocycles. The highest BCUT2D eigenvalue weighted by molar-refractivity contribution is 7.98. The number of ether oxygens (including phenoxy) is 2. The monoisotopic (exact) mass is 398 g/mol. The van der Waals surface area contributed by atoms with Crippen molar-refractivity contribution in [3.63, 3.8) is 0 Å². The molecule has 0 amide bonds. The zero-order chi connectivity index (χ0) is 19.6. The summed E-state index contributed by atoms with van der Waals surface area (Å²) in [5.74, 6) is 4.87. The van der Waals surface area contributed by atoms with Gasteiger partial charge in [-0.05, 0) is 50.5 Å². The van der Waals surface area contributed by atoms with Crippen molar-refractivity contribution in [1.82, 2.24) is 9.88 Å².